The second-order valence-electron chi connectivity index (χ2n) is 12.3. The minimum atomic E-state index is -0.562. The van der Waals surface area contributed by atoms with Gasteiger partial charge in [-0.2, -0.15) is 10.5 Å². The van der Waals surface area contributed by atoms with Gasteiger partial charge in [0.2, 0.25) is 5.91 Å². The molecule has 7 aliphatic rings. The Labute approximate surface area is 249 Å². The van der Waals surface area contributed by atoms with E-state index in [0.29, 0.717) is 45.3 Å². The Bertz CT molecular complexity index is 1050. The van der Waals surface area contributed by atoms with Crippen molar-refractivity contribution in [2.75, 3.05) is 38.7 Å². The lowest BCUT2D eigenvalue weighted by Crippen LogP contribution is -2.77. The quantitative estimate of drug-likeness (QED) is 0.145. The van der Waals surface area contributed by atoms with E-state index in [-0.39, 0.29) is 59.9 Å². The highest BCUT2D eigenvalue weighted by atomic mass is 32.2. The molecular formula is C26H44N10O5S. The van der Waals surface area contributed by atoms with Crippen molar-refractivity contribution in [2.24, 2.45) is 23.3 Å². The fraction of sp³-hybridized carbons (Fsp3) is 0.846. The number of carbonyl (C=O) groups excluding carboxylic acids is 2. The van der Waals surface area contributed by atoms with Crippen molar-refractivity contribution in [3.63, 3.8) is 0 Å². The maximum atomic E-state index is 13.0. The van der Waals surface area contributed by atoms with E-state index in [1.54, 1.807) is 17.8 Å². The van der Waals surface area contributed by atoms with Gasteiger partial charge in [0.05, 0.1) is 38.1 Å². The summed E-state index contributed by atoms with van der Waals surface area (Å²) in [5, 5.41) is 15.9. The number of amides is 1. The van der Waals surface area contributed by atoms with Gasteiger partial charge in [-0.1, -0.05) is 12.8 Å². The lowest BCUT2D eigenvalue weighted by molar-refractivity contribution is -0.134. The van der Waals surface area contributed by atoms with Crippen LogP contribution in [0.5, 0.6) is 0 Å². The minimum absolute atomic E-state index is 0.0191. The molecule has 0 aromatic carbocycles. The lowest BCUT2D eigenvalue weighted by atomic mass is 9.89. The first-order valence-corrected chi connectivity index (χ1v) is 16.4. The number of hydrogen-bond donors (Lipinski definition) is 8. The zero-order valence-electron chi connectivity index (χ0n) is 23.7. The molecule has 11 atom stereocenters. The summed E-state index contributed by atoms with van der Waals surface area (Å²) in [6, 6.07) is 0.231. The molecule has 0 bridgehead atoms. The van der Waals surface area contributed by atoms with Gasteiger partial charge in [0.1, 0.15) is 23.9 Å². The van der Waals surface area contributed by atoms with Crippen LogP contribution in [0.1, 0.15) is 32.1 Å². The number of ketones is 1. The van der Waals surface area contributed by atoms with Gasteiger partial charge in [0.25, 0.3) is 0 Å². The molecule has 16 heteroatoms. The van der Waals surface area contributed by atoms with Crippen LogP contribution in [0.15, 0.2) is 12.0 Å². The fourth-order valence-corrected chi connectivity index (χ4v) is 8.98. The number of morpholine rings is 1. The average molecular weight is 609 g/mol. The zero-order chi connectivity index (χ0) is 28.8. The number of fused-ring (bicyclic) bond motifs is 2. The van der Waals surface area contributed by atoms with Crippen LogP contribution in [0.3, 0.4) is 0 Å². The smallest absolute Gasteiger partial charge is 0.226 e. The van der Waals surface area contributed by atoms with Gasteiger partial charge in [0.15, 0.2) is 11.7 Å². The third-order valence-electron chi connectivity index (χ3n) is 9.73. The van der Waals surface area contributed by atoms with Gasteiger partial charge in [0, 0.05) is 55.4 Å². The van der Waals surface area contributed by atoms with Crippen molar-refractivity contribution in [2.45, 2.75) is 86.4 Å². The normalized spacial score (nSPS) is 44.4. The second-order valence-corrected chi connectivity index (χ2v) is 13.5. The number of ether oxygens (including phenoxy) is 2. The summed E-state index contributed by atoms with van der Waals surface area (Å²) in [6.45, 7) is 3.21. The monoisotopic (exact) mass is 608 g/mol. The maximum Gasteiger partial charge on any atom is 0.226 e. The molecule has 42 heavy (non-hydrogen) atoms. The van der Waals surface area contributed by atoms with Crippen molar-refractivity contribution in [3.8, 4) is 0 Å². The van der Waals surface area contributed by atoms with E-state index < -0.39 is 18.0 Å². The third kappa shape index (κ3) is 5.67. The molecule has 0 radical (unpaired) electrons. The summed E-state index contributed by atoms with van der Waals surface area (Å²) >= 11 is 1.66. The van der Waals surface area contributed by atoms with Crippen LogP contribution in [0.4, 0.5) is 0 Å². The van der Waals surface area contributed by atoms with Gasteiger partial charge in [-0.05, 0) is 12.8 Å². The van der Waals surface area contributed by atoms with Gasteiger partial charge >= 0.3 is 0 Å². The van der Waals surface area contributed by atoms with Crippen LogP contribution < -0.4 is 43.6 Å². The summed E-state index contributed by atoms with van der Waals surface area (Å²) in [5.74, 6) is 0.680. The molecule has 0 aromatic rings. The van der Waals surface area contributed by atoms with Gasteiger partial charge in [-0.3, -0.25) is 35.7 Å². The number of hydrogen-bond acceptors (Lipinski definition) is 15. The number of rotatable bonds is 7. The number of nitrogens with one attached hydrogen (secondary N) is 6. The van der Waals surface area contributed by atoms with E-state index in [4.69, 9.17) is 25.8 Å². The topological polar surface area (TPSA) is 193 Å². The van der Waals surface area contributed by atoms with Crippen molar-refractivity contribution >= 4 is 23.5 Å². The molecule has 6 aliphatic heterocycles. The molecule has 10 N–H and O–H groups in total. The molecule has 1 amide bonds. The second kappa shape index (κ2) is 12.4. The first kappa shape index (κ1) is 29.2. The highest BCUT2D eigenvalue weighted by Gasteiger charge is 2.52. The van der Waals surface area contributed by atoms with E-state index >= 15 is 0 Å². The summed E-state index contributed by atoms with van der Waals surface area (Å²) in [4.78, 5) is 33.9. The van der Waals surface area contributed by atoms with Gasteiger partial charge < -0.3 is 25.8 Å². The molecule has 7 rings (SSSR count). The molecule has 15 nitrogen and oxygen atoms in total. The van der Waals surface area contributed by atoms with Crippen LogP contribution in [0.2, 0.25) is 0 Å². The summed E-state index contributed by atoms with van der Waals surface area (Å²) in [7, 11) is 0. The third-order valence-corrected chi connectivity index (χ3v) is 11.2. The molecule has 0 spiro atoms. The molecule has 6 heterocycles. The number of nitrogens with zero attached hydrogens (tertiary/aromatic N) is 2. The van der Waals surface area contributed by atoms with Gasteiger partial charge in [-0.15, -0.1) is 11.8 Å². The SMILES string of the molecule is NC(=O)C1C(NC2CC(C3CSC4C(=O)C=C(N5CCOCC5)OC43)NO2)NC(N[C@H]2CCCC[C@H]2N)N2NCNC12. The highest BCUT2D eigenvalue weighted by molar-refractivity contribution is 8.01. The first-order chi connectivity index (χ1) is 20.5. The standard InChI is InChI=1S/C26H44N10O5S/c27-14-3-1-2-4-15(14)31-26-33-24(20(23(28)38)25-29-12-30-36(25)26)32-18-9-16(34-41-18)13-11-42-22-17(37)10-19(40-21(13)22)35-5-7-39-8-6-35/h10,13-16,18,20-22,24-26,29-34H,1-9,11-12,27H2,(H2,28,38)/t13?,14-,15+,16?,18?,20?,21?,22?,24?,25?,26?/m1/s1. The van der Waals surface area contributed by atoms with Crippen LogP contribution in [-0.4, -0.2) is 115 Å². The van der Waals surface area contributed by atoms with Crippen LogP contribution >= 0.6 is 11.8 Å². The highest BCUT2D eigenvalue weighted by Crippen LogP contribution is 2.42. The predicted molar refractivity (Wildman–Crippen MR) is 153 cm³/mol. The van der Waals surface area contributed by atoms with Crippen LogP contribution in [-0.2, 0) is 23.9 Å². The molecule has 9 unspecified atom stereocenters. The molecule has 6 fully saturated rings. The molecule has 0 aromatic heterocycles. The Balaban J connectivity index is 1.01. The average Bonchev–Trinajstić information content (AvgIpc) is 3.75. The largest absolute Gasteiger partial charge is 0.474 e. The van der Waals surface area contributed by atoms with E-state index in [9.17, 15) is 9.59 Å². The number of primary amides is 1. The lowest BCUT2D eigenvalue weighted by Gasteiger charge is -2.48. The first-order valence-electron chi connectivity index (χ1n) is 15.3. The van der Waals surface area contributed by atoms with E-state index in [0.717, 1.165) is 31.4 Å². The molecule has 1 aliphatic carbocycles. The molecule has 5 saturated heterocycles. The predicted octanol–water partition coefficient (Wildman–Crippen LogP) is -3.06. The van der Waals surface area contributed by atoms with Crippen molar-refractivity contribution in [1.82, 2.24) is 42.1 Å². The Morgan fingerprint density at radius 2 is 2.00 bits per heavy atom. The molecular weight excluding hydrogens is 564 g/mol. The van der Waals surface area contributed by atoms with Crippen molar-refractivity contribution in [3.05, 3.63) is 12.0 Å². The molecule has 234 valence electrons. The van der Waals surface area contributed by atoms with Crippen LogP contribution in [0, 0.1) is 11.8 Å². The fourth-order valence-electron chi connectivity index (χ4n) is 7.45. The molecule has 1 saturated carbocycles. The van der Waals surface area contributed by atoms with E-state index in [2.05, 4.69) is 37.1 Å². The summed E-state index contributed by atoms with van der Waals surface area (Å²) in [5.41, 5.74) is 18.9. The summed E-state index contributed by atoms with van der Waals surface area (Å²) < 4.78 is 12.0. The van der Waals surface area contributed by atoms with Gasteiger partial charge in [-0.25, -0.2) is 5.43 Å². The van der Waals surface area contributed by atoms with Crippen molar-refractivity contribution < 1.29 is 23.9 Å². The van der Waals surface area contributed by atoms with Crippen molar-refractivity contribution in [1.29, 1.82) is 0 Å². The number of hydrazine groups is 1. The number of thioether (sulfide) groups is 1. The summed E-state index contributed by atoms with van der Waals surface area (Å²) in [6.07, 6.45) is 4.98. The number of carbonyl (C=O) groups is 2. The van der Waals surface area contributed by atoms with E-state index in [1.807, 2.05) is 5.01 Å². The Morgan fingerprint density at radius 3 is 2.81 bits per heavy atom. The Morgan fingerprint density at radius 1 is 1.17 bits per heavy atom. The zero-order valence-corrected chi connectivity index (χ0v) is 24.5. The minimum Gasteiger partial charge on any atom is -0.474 e. The number of nitrogens with two attached hydrogens (primary N) is 2. The number of allylic oxidation sites excluding steroid dienone is 1. The van der Waals surface area contributed by atoms with Crippen LogP contribution in [0.25, 0.3) is 0 Å². The Kier molecular flexibility index (Phi) is 8.63. The Hall–Kier alpha value is -1.57. The maximum absolute atomic E-state index is 13.0. The number of hydroxylamine groups is 1. The van der Waals surface area contributed by atoms with E-state index in [1.165, 1.54) is 0 Å².